The van der Waals surface area contributed by atoms with Crippen LogP contribution in [0.1, 0.15) is 35.6 Å². The van der Waals surface area contributed by atoms with Gasteiger partial charge in [-0.25, -0.2) is 4.39 Å². The molecule has 1 amide bonds. The summed E-state index contributed by atoms with van der Waals surface area (Å²) >= 11 is 0. The second kappa shape index (κ2) is 10.5. The zero-order valence-corrected chi connectivity index (χ0v) is 20.0. The van der Waals surface area contributed by atoms with E-state index in [1.807, 2.05) is 55.5 Å². The van der Waals surface area contributed by atoms with Gasteiger partial charge in [0.1, 0.15) is 12.9 Å². The van der Waals surface area contributed by atoms with Crippen LogP contribution in [0.4, 0.5) is 4.39 Å². The smallest absolute Gasteiger partial charge is 0.224 e. The highest BCUT2D eigenvalue weighted by molar-refractivity contribution is 6.08. The van der Waals surface area contributed by atoms with Crippen LogP contribution in [0.3, 0.4) is 0 Å². The Labute approximate surface area is 204 Å². The SMILES string of the molecule is [CH2]Oc1c(OC)cc(/C=C2/C(C)=C(CC(=O)NCc3ccccc3)c3cc(F)ccc32)cc1OC. The first-order valence-electron chi connectivity index (χ1n) is 11.2. The first-order valence-corrected chi connectivity index (χ1v) is 11.2. The van der Waals surface area contributed by atoms with Gasteiger partial charge in [0.05, 0.1) is 20.6 Å². The Morgan fingerprint density at radius 1 is 1.00 bits per heavy atom. The molecular formula is C29H27FNO4. The molecule has 0 saturated heterocycles. The molecule has 0 fully saturated rings. The maximum Gasteiger partial charge on any atom is 0.224 e. The van der Waals surface area contributed by atoms with E-state index >= 15 is 0 Å². The van der Waals surface area contributed by atoms with E-state index in [-0.39, 0.29) is 18.1 Å². The molecule has 0 aromatic heterocycles. The first-order chi connectivity index (χ1) is 16.9. The molecule has 0 aliphatic heterocycles. The van der Waals surface area contributed by atoms with Gasteiger partial charge in [0.2, 0.25) is 11.7 Å². The molecule has 0 heterocycles. The van der Waals surface area contributed by atoms with Crippen LogP contribution >= 0.6 is 0 Å². The van der Waals surface area contributed by atoms with Crippen molar-refractivity contribution >= 4 is 23.1 Å². The molecule has 35 heavy (non-hydrogen) atoms. The summed E-state index contributed by atoms with van der Waals surface area (Å²) in [5, 5.41) is 2.96. The summed E-state index contributed by atoms with van der Waals surface area (Å²) in [5.41, 5.74) is 6.02. The molecule has 5 nitrogen and oxygen atoms in total. The van der Waals surface area contributed by atoms with Gasteiger partial charge in [0.15, 0.2) is 11.5 Å². The van der Waals surface area contributed by atoms with Crippen LogP contribution in [0.25, 0.3) is 17.2 Å². The minimum absolute atomic E-state index is 0.125. The van der Waals surface area contributed by atoms with Crippen LogP contribution in [0.5, 0.6) is 17.2 Å². The van der Waals surface area contributed by atoms with Gasteiger partial charge in [-0.2, -0.15) is 0 Å². The molecule has 4 rings (SSSR count). The van der Waals surface area contributed by atoms with Crippen molar-refractivity contribution in [2.24, 2.45) is 0 Å². The number of hydrogen-bond donors (Lipinski definition) is 1. The number of halogens is 1. The molecular weight excluding hydrogens is 445 g/mol. The summed E-state index contributed by atoms with van der Waals surface area (Å²) in [6.07, 6.45) is 2.12. The summed E-state index contributed by atoms with van der Waals surface area (Å²) in [6, 6.07) is 18.0. The monoisotopic (exact) mass is 472 g/mol. The Morgan fingerprint density at radius 3 is 2.31 bits per heavy atom. The van der Waals surface area contributed by atoms with E-state index in [1.54, 1.807) is 20.3 Å². The van der Waals surface area contributed by atoms with E-state index in [9.17, 15) is 9.18 Å². The Hall–Kier alpha value is -4.06. The van der Waals surface area contributed by atoms with E-state index in [1.165, 1.54) is 12.1 Å². The number of rotatable bonds is 8. The predicted octanol–water partition coefficient (Wildman–Crippen LogP) is 6.05. The second-order valence-electron chi connectivity index (χ2n) is 8.19. The van der Waals surface area contributed by atoms with Gasteiger partial charge in [0.25, 0.3) is 0 Å². The van der Waals surface area contributed by atoms with Crippen molar-refractivity contribution in [3.63, 3.8) is 0 Å². The number of hydrogen-bond acceptors (Lipinski definition) is 4. The van der Waals surface area contributed by atoms with Crippen molar-refractivity contribution in [2.75, 3.05) is 14.2 Å². The standard InChI is InChI=1S/C29H27FNO4/c1-18-23(12-20-13-26(33-2)29(35-4)27(14-20)34-3)22-11-10-21(30)15-25(22)24(18)16-28(32)31-17-19-8-6-5-7-9-19/h5-15H,4,16-17H2,1-3H3,(H,31,32)/b23-12-. The van der Waals surface area contributed by atoms with E-state index < -0.39 is 0 Å². The van der Waals surface area contributed by atoms with Gasteiger partial charge >= 0.3 is 0 Å². The lowest BCUT2D eigenvalue weighted by molar-refractivity contribution is -0.120. The summed E-state index contributed by atoms with van der Waals surface area (Å²) in [7, 11) is 6.55. The molecule has 0 saturated carbocycles. The van der Waals surface area contributed by atoms with Gasteiger partial charge < -0.3 is 19.5 Å². The summed E-state index contributed by atoms with van der Waals surface area (Å²) < 4.78 is 30.3. The van der Waals surface area contributed by atoms with Gasteiger partial charge in [-0.1, -0.05) is 36.4 Å². The molecule has 1 N–H and O–H groups in total. The number of methoxy groups -OCH3 is 2. The summed E-state index contributed by atoms with van der Waals surface area (Å²) in [6.45, 7) is 2.39. The van der Waals surface area contributed by atoms with Crippen molar-refractivity contribution in [2.45, 2.75) is 19.9 Å². The highest BCUT2D eigenvalue weighted by Gasteiger charge is 2.26. The minimum Gasteiger partial charge on any atom is -0.493 e. The van der Waals surface area contributed by atoms with Crippen molar-refractivity contribution < 1.29 is 23.4 Å². The largest absolute Gasteiger partial charge is 0.493 e. The number of nitrogens with one attached hydrogen (secondary N) is 1. The van der Waals surface area contributed by atoms with E-state index in [4.69, 9.17) is 14.2 Å². The number of benzene rings is 3. The maximum atomic E-state index is 14.2. The van der Waals surface area contributed by atoms with E-state index in [2.05, 4.69) is 12.4 Å². The van der Waals surface area contributed by atoms with Crippen molar-refractivity contribution in [3.8, 4) is 17.2 Å². The number of fused-ring (bicyclic) bond motifs is 1. The molecule has 6 heteroatoms. The molecule has 1 radical (unpaired) electrons. The molecule has 0 atom stereocenters. The molecule has 0 bridgehead atoms. The van der Waals surface area contributed by atoms with Crippen molar-refractivity contribution in [3.05, 3.63) is 101 Å². The van der Waals surface area contributed by atoms with Gasteiger partial charge in [0, 0.05) is 6.54 Å². The van der Waals surface area contributed by atoms with Crippen molar-refractivity contribution in [1.82, 2.24) is 5.32 Å². The Kier molecular flexibility index (Phi) is 7.20. The number of allylic oxidation sites excluding steroid dienone is 2. The normalized spacial score (nSPS) is 13.6. The Morgan fingerprint density at radius 2 is 1.69 bits per heavy atom. The average molecular weight is 473 g/mol. The fourth-order valence-electron chi connectivity index (χ4n) is 4.29. The van der Waals surface area contributed by atoms with Gasteiger partial charge in [-0.05, 0) is 76.2 Å². The zero-order chi connectivity index (χ0) is 24.9. The predicted molar refractivity (Wildman–Crippen MR) is 135 cm³/mol. The van der Waals surface area contributed by atoms with Gasteiger partial charge in [-0.15, -0.1) is 0 Å². The fraction of sp³-hybridized carbons (Fsp3) is 0.172. The van der Waals surface area contributed by atoms with Crippen LogP contribution in [0.2, 0.25) is 0 Å². The molecule has 0 unspecified atom stereocenters. The number of carbonyl (C=O) groups is 1. The fourth-order valence-corrected chi connectivity index (χ4v) is 4.29. The lowest BCUT2D eigenvalue weighted by atomic mass is 10.00. The third-order valence-electron chi connectivity index (χ3n) is 6.06. The van der Waals surface area contributed by atoms with E-state index in [0.717, 1.165) is 39.0 Å². The van der Waals surface area contributed by atoms with E-state index in [0.29, 0.717) is 23.8 Å². The number of ether oxygens (including phenoxy) is 3. The van der Waals surface area contributed by atoms with Crippen LogP contribution in [-0.4, -0.2) is 20.1 Å². The molecule has 1 aliphatic rings. The Bertz CT molecular complexity index is 1290. The minimum atomic E-state index is -0.347. The van der Waals surface area contributed by atoms with Crippen LogP contribution < -0.4 is 19.5 Å². The molecule has 179 valence electrons. The highest BCUT2D eigenvalue weighted by atomic mass is 19.1. The quantitative estimate of drug-likeness (QED) is 0.434. The summed E-state index contributed by atoms with van der Waals surface area (Å²) in [5.74, 6) is 0.880. The molecule has 3 aromatic rings. The van der Waals surface area contributed by atoms with Crippen LogP contribution in [-0.2, 0) is 11.3 Å². The zero-order valence-electron chi connectivity index (χ0n) is 20.0. The first kappa shape index (κ1) is 24.1. The van der Waals surface area contributed by atoms with Crippen LogP contribution in [0, 0.1) is 12.9 Å². The lowest BCUT2D eigenvalue weighted by Crippen LogP contribution is -2.22. The Balaban J connectivity index is 1.69. The lowest BCUT2D eigenvalue weighted by Gasteiger charge is -2.13. The molecule has 3 aromatic carbocycles. The second-order valence-corrected chi connectivity index (χ2v) is 8.19. The number of amides is 1. The highest BCUT2D eigenvalue weighted by Crippen LogP contribution is 2.45. The van der Waals surface area contributed by atoms with Crippen LogP contribution in [0.15, 0.2) is 66.2 Å². The third-order valence-corrected chi connectivity index (χ3v) is 6.06. The summed E-state index contributed by atoms with van der Waals surface area (Å²) in [4.78, 5) is 12.8. The van der Waals surface area contributed by atoms with Gasteiger partial charge in [-0.3, -0.25) is 4.79 Å². The maximum absolute atomic E-state index is 14.2. The number of carbonyl (C=O) groups excluding carboxylic acids is 1. The molecule has 0 spiro atoms. The topological polar surface area (TPSA) is 56.8 Å². The van der Waals surface area contributed by atoms with Crippen molar-refractivity contribution in [1.29, 1.82) is 0 Å². The third kappa shape index (κ3) is 5.06. The average Bonchev–Trinajstić information content (AvgIpc) is 3.12. The molecule has 1 aliphatic carbocycles.